The summed E-state index contributed by atoms with van der Waals surface area (Å²) >= 11 is 0. The van der Waals surface area contributed by atoms with Crippen molar-refractivity contribution in [1.29, 1.82) is 0 Å². The van der Waals surface area contributed by atoms with Crippen LogP contribution in [-0.4, -0.2) is 12.0 Å². The molecule has 1 heterocycles. The molecule has 0 fully saturated rings. The third-order valence-corrected chi connectivity index (χ3v) is 2.60. The molecule has 4 heteroatoms. The second-order valence-electron chi connectivity index (χ2n) is 4.00. The van der Waals surface area contributed by atoms with Crippen molar-refractivity contribution in [3.63, 3.8) is 0 Å². The van der Waals surface area contributed by atoms with Gasteiger partial charge in [-0.25, -0.2) is 4.39 Å². The zero-order valence-corrected chi connectivity index (χ0v) is 10.4. The molecule has 0 radical (unpaired) electrons. The Kier molecular flexibility index (Phi) is 3.89. The monoisotopic (exact) mass is 246 g/mol. The average Bonchev–Trinajstić information content (AvgIpc) is 2.37. The van der Waals surface area contributed by atoms with Gasteiger partial charge in [-0.3, -0.25) is 4.98 Å². The molecule has 0 aliphatic heterocycles. The molecule has 0 aliphatic carbocycles. The van der Waals surface area contributed by atoms with Crippen molar-refractivity contribution < 1.29 is 9.13 Å². The van der Waals surface area contributed by atoms with Crippen LogP contribution in [0.2, 0.25) is 0 Å². The maximum Gasteiger partial charge on any atom is 0.168 e. The molecule has 18 heavy (non-hydrogen) atoms. The third kappa shape index (κ3) is 2.65. The fraction of sp³-hybridized carbons (Fsp3) is 0.214. The summed E-state index contributed by atoms with van der Waals surface area (Å²) in [4.78, 5) is 4.03. The van der Waals surface area contributed by atoms with Gasteiger partial charge in [0.05, 0.1) is 0 Å². The van der Waals surface area contributed by atoms with E-state index < -0.39 is 0 Å². The van der Waals surface area contributed by atoms with Crippen LogP contribution in [0.25, 0.3) is 0 Å². The predicted molar refractivity (Wildman–Crippen MR) is 68.2 cm³/mol. The third-order valence-electron chi connectivity index (χ3n) is 2.60. The lowest BCUT2D eigenvalue weighted by molar-refractivity contribution is 0.434. The number of ether oxygens (including phenoxy) is 1. The highest BCUT2D eigenvalue weighted by atomic mass is 19.1. The molecule has 0 amide bonds. The number of benzene rings is 1. The minimum Gasteiger partial charge on any atom is -0.454 e. The molecule has 0 unspecified atom stereocenters. The first-order valence-corrected chi connectivity index (χ1v) is 5.73. The summed E-state index contributed by atoms with van der Waals surface area (Å²) in [5.74, 6) is 0.520. The fourth-order valence-electron chi connectivity index (χ4n) is 1.65. The Morgan fingerprint density at radius 2 is 2.11 bits per heavy atom. The van der Waals surface area contributed by atoms with E-state index in [1.165, 1.54) is 0 Å². The van der Waals surface area contributed by atoms with Crippen LogP contribution in [0.5, 0.6) is 11.5 Å². The SMILES string of the molecule is CNCc1cnccc1Oc1cccc(C)c1F. The molecule has 0 bridgehead atoms. The van der Waals surface area contributed by atoms with Crippen LogP contribution in [0.15, 0.2) is 36.7 Å². The molecule has 2 rings (SSSR count). The molecule has 3 nitrogen and oxygen atoms in total. The van der Waals surface area contributed by atoms with E-state index in [2.05, 4.69) is 10.3 Å². The quantitative estimate of drug-likeness (QED) is 0.900. The number of pyridine rings is 1. The highest BCUT2D eigenvalue weighted by Gasteiger charge is 2.09. The van der Waals surface area contributed by atoms with E-state index in [1.807, 2.05) is 7.05 Å². The summed E-state index contributed by atoms with van der Waals surface area (Å²) in [6, 6.07) is 6.83. The number of halogens is 1. The molecular weight excluding hydrogens is 231 g/mol. The highest BCUT2D eigenvalue weighted by Crippen LogP contribution is 2.28. The Morgan fingerprint density at radius 1 is 1.28 bits per heavy atom. The molecule has 0 spiro atoms. The van der Waals surface area contributed by atoms with Gasteiger partial charge in [0.25, 0.3) is 0 Å². The van der Waals surface area contributed by atoms with Crippen LogP contribution in [0.3, 0.4) is 0 Å². The van der Waals surface area contributed by atoms with Gasteiger partial charge in [0.15, 0.2) is 11.6 Å². The number of aromatic nitrogens is 1. The fourth-order valence-corrected chi connectivity index (χ4v) is 1.65. The first-order valence-electron chi connectivity index (χ1n) is 5.73. The first-order chi connectivity index (χ1) is 8.72. The zero-order chi connectivity index (χ0) is 13.0. The molecule has 0 saturated heterocycles. The number of nitrogens with one attached hydrogen (secondary N) is 1. The number of aryl methyl sites for hydroxylation is 1. The number of hydrogen-bond acceptors (Lipinski definition) is 3. The molecular formula is C14H15FN2O. The van der Waals surface area contributed by atoms with E-state index in [9.17, 15) is 4.39 Å². The Hall–Kier alpha value is -1.94. The number of nitrogens with zero attached hydrogens (tertiary/aromatic N) is 1. The first kappa shape index (κ1) is 12.5. The molecule has 0 saturated carbocycles. The Morgan fingerprint density at radius 3 is 2.89 bits per heavy atom. The highest BCUT2D eigenvalue weighted by molar-refractivity contribution is 5.38. The topological polar surface area (TPSA) is 34.2 Å². The van der Waals surface area contributed by atoms with Crippen molar-refractivity contribution in [1.82, 2.24) is 10.3 Å². The van der Waals surface area contributed by atoms with Gasteiger partial charge in [-0.05, 0) is 31.7 Å². The van der Waals surface area contributed by atoms with Crippen molar-refractivity contribution in [3.8, 4) is 11.5 Å². The molecule has 1 aromatic heterocycles. The number of hydrogen-bond donors (Lipinski definition) is 1. The van der Waals surface area contributed by atoms with Crippen molar-refractivity contribution >= 4 is 0 Å². The van der Waals surface area contributed by atoms with Crippen molar-refractivity contribution in [2.24, 2.45) is 0 Å². The molecule has 2 aromatic rings. The lowest BCUT2D eigenvalue weighted by Crippen LogP contribution is -2.07. The lowest BCUT2D eigenvalue weighted by atomic mass is 10.2. The summed E-state index contributed by atoms with van der Waals surface area (Å²) in [6.45, 7) is 2.33. The maximum atomic E-state index is 13.8. The number of rotatable bonds is 4. The minimum absolute atomic E-state index is 0.235. The minimum atomic E-state index is -0.329. The van der Waals surface area contributed by atoms with E-state index >= 15 is 0 Å². The van der Waals surface area contributed by atoms with Gasteiger partial charge >= 0.3 is 0 Å². The average molecular weight is 246 g/mol. The van der Waals surface area contributed by atoms with Gasteiger partial charge in [0, 0.05) is 24.5 Å². The van der Waals surface area contributed by atoms with Gasteiger partial charge in [-0.15, -0.1) is 0 Å². The van der Waals surface area contributed by atoms with Crippen LogP contribution in [0.4, 0.5) is 4.39 Å². The summed E-state index contributed by atoms with van der Waals surface area (Å²) in [5, 5.41) is 3.02. The van der Waals surface area contributed by atoms with E-state index in [4.69, 9.17) is 4.74 Å². The smallest absolute Gasteiger partial charge is 0.168 e. The Labute approximate surface area is 106 Å². The zero-order valence-electron chi connectivity index (χ0n) is 10.4. The van der Waals surface area contributed by atoms with Crippen LogP contribution >= 0.6 is 0 Å². The van der Waals surface area contributed by atoms with Gasteiger partial charge < -0.3 is 10.1 Å². The standard InChI is InChI=1S/C14H15FN2O/c1-10-4-3-5-13(14(10)15)18-12-6-7-17-9-11(12)8-16-2/h3-7,9,16H,8H2,1-2H3. The summed E-state index contributed by atoms with van der Waals surface area (Å²) in [5.41, 5.74) is 1.46. The summed E-state index contributed by atoms with van der Waals surface area (Å²) < 4.78 is 19.5. The van der Waals surface area contributed by atoms with Gasteiger partial charge in [-0.2, -0.15) is 0 Å². The van der Waals surface area contributed by atoms with E-state index in [0.717, 1.165) is 5.56 Å². The Balaban J connectivity index is 2.31. The van der Waals surface area contributed by atoms with E-state index in [1.54, 1.807) is 43.6 Å². The summed E-state index contributed by atoms with van der Waals surface area (Å²) in [7, 11) is 1.84. The van der Waals surface area contributed by atoms with Crippen LogP contribution in [0.1, 0.15) is 11.1 Å². The predicted octanol–water partition coefficient (Wildman–Crippen LogP) is 3.04. The van der Waals surface area contributed by atoms with Crippen molar-refractivity contribution in [3.05, 3.63) is 53.6 Å². The van der Waals surface area contributed by atoms with Gasteiger partial charge in [0.1, 0.15) is 5.75 Å². The van der Waals surface area contributed by atoms with Gasteiger partial charge in [0.2, 0.25) is 0 Å². The molecule has 0 aliphatic rings. The van der Waals surface area contributed by atoms with Crippen LogP contribution in [-0.2, 0) is 6.54 Å². The van der Waals surface area contributed by atoms with E-state index in [-0.39, 0.29) is 11.6 Å². The lowest BCUT2D eigenvalue weighted by Gasteiger charge is -2.11. The molecule has 94 valence electrons. The molecule has 1 aromatic carbocycles. The van der Waals surface area contributed by atoms with Crippen LogP contribution < -0.4 is 10.1 Å². The van der Waals surface area contributed by atoms with Crippen molar-refractivity contribution in [2.45, 2.75) is 13.5 Å². The second-order valence-corrected chi connectivity index (χ2v) is 4.00. The van der Waals surface area contributed by atoms with Crippen molar-refractivity contribution in [2.75, 3.05) is 7.05 Å². The molecule has 1 N–H and O–H groups in total. The van der Waals surface area contributed by atoms with Gasteiger partial charge in [-0.1, -0.05) is 12.1 Å². The normalized spacial score (nSPS) is 10.4. The maximum absolute atomic E-state index is 13.8. The molecule has 0 atom stereocenters. The second kappa shape index (κ2) is 5.60. The van der Waals surface area contributed by atoms with E-state index in [0.29, 0.717) is 17.9 Å². The largest absolute Gasteiger partial charge is 0.454 e. The van der Waals surface area contributed by atoms with Crippen LogP contribution in [0, 0.1) is 12.7 Å². The summed E-state index contributed by atoms with van der Waals surface area (Å²) in [6.07, 6.45) is 3.34. The Bertz CT molecular complexity index is 543.